The van der Waals surface area contributed by atoms with Crippen molar-refractivity contribution in [3.63, 3.8) is 0 Å². The lowest BCUT2D eigenvalue weighted by Gasteiger charge is -2.00. The van der Waals surface area contributed by atoms with Crippen LogP contribution < -0.4 is 0 Å². The van der Waals surface area contributed by atoms with Crippen molar-refractivity contribution in [3.8, 4) is 0 Å². The first-order valence-corrected chi connectivity index (χ1v) is 3.98. The highest BCUT2D eigenvalue weighted by Gasteiger charge is 2.01. The summed E-state index contributed by atoms with van der Waals surface area (Å²) in [4.78, 5) is 3.66. The molecule has 0 amide bonds. The van der Waals surface area contributed by atoms with E-state index < -0.39 is 5.95 Å². The van der Waals surface area contributed by atoms with Crippen molar-refractivity contribution in [2.75, 3.05) is 0 Å². The van der Waals surface area contributed by atoms with Gasteiger partial charge >= 0.3 is 0 Å². The number of pyridine rings is 1. The molecule has 1 aromatic heterocycles. The molecule has 1 aromatic rings. The zero-order chi connectivity index (χ0) is 7.72. The van der Waals surface area contributed by atoms with Gasteiger partial charge in [0.1, 0.15) is 0 Å². The van der Waals surface area contributed by atoms with Crippen LogP contribution in [0.1, 0.15) is 11.3 Å². The summed E-state index contributed by atoms with van der Waals surface area (Å²) in [6, 6.07) is 1.43. The lowest BCUT2D eigenvalue weighted by Crippen LogP contribution is -1.93. The van der Waals surface area contributed by atoms with Crippen LogP contribution in [-0.2, 0) is 0 Å². The molecular weight excluding hydrogens is 244 g/mol. The summed E-state index contributed by atoms with van der Waals surface area (Å²) in [7, 11) is 0. The fourth-order valence-electron chi connectivity index (χ4n) is 0.662. The molecule has 0 unspecified atom stereocenters. The van der Waals surface area contributed by atoms with Gasteiger partial charge in [-0.3, -0.25) is 0 Å². The Balaban J connectivity index is 3.31. The van der Waals surface area contributed by atoms with Crippen molar-refractivity contribution in [3.05, 3.63) is 26.8 Å². The van der Waals surface area contributed by atoms with Gasteiger partial charge in [0.05, 0.1) is 0 Å². The molecule has 0 radical (unpaired) electrons. The molecule has 0 bridgehead atoms. The van der Waals surface area contributed by atoms with E-state index in [-0.39, 0.29) is 0 Å². The summed E-state index contributed by atoms with van der Waals surface area (Å²) < 4.78 is 13.4. The molecule has 0 aliphatic carbocycles. The van der Waals surface area contributed by atoms with E-state index in [1.165, 1.54) is 6.07 Å². The Bertz CT molecular complexity index is 237. The van der Waals surface area contributed by atoms with E-state index in [9.17, 15) is 4.39 Å². The molecule has 54 valence electrons. The maximum atomic E-state index is 12.5. The average Bonchev–Trinajstić information content (AvgIpc) is 1.82. The van der Waals surface area contributed by atoms with Crippen LogP contribution in [0.2, 0.25) is 0 Å². The summed E-state index contributed by atoms with van der Waals surface area (Å²) in [5.41, 5.74) is 1.83. The molecule has 0 N–H and O–H groups in total. The van der Waals surface area contributed by atoms with Gasteiger partial charge in [-0.15, -0.1) is 0 Å². The van der Waals surface area contributed by atoms with Gasteiger partial charge in [0.25, 0.3) is 0 Å². The minimum Gasteiger partial charge on any atom is -0.225 e. The normalized spacial score (nSPS) is 10.0. The van der Waals surface area contributed by atoms with E-state index in [1.807, 2.05) is 6.92 Å². The second-order valence-electron chi connectivity index (χ2n) is 2.14. The van der Waals surface area contributed by atoms with Gasteiger partial charge in [-0.05, 0) is 42.0 Å². The standard InChI is InChI=1S/C7H7FIN/c1-4-5(2)10-7(8)3-6(4)9/h3H,1-2H3. The van der Waals surface area contributed by atoms with Crippen molar-refractivity contribution in [1.82, 2.24) is 4.98 Å². The highest BCUT2D eigenvalue weighted by atomic mass is 127. The van der Waals surface area contributed by atoms with E-state index in [4.69, 9.17) is 0 Å². The van der Waals surface area contributed by atoms with Crippen molar-refractivity contribution < 1.29 is 4.39 Å². The molecule has 0 atom stereocenters. The molecule has 1 nitrogen and oxygen atoms in total. The van der Waals surface area contributed by atoms with Crippen LogP contribution in [0.25, 0.3) is 0 Å². The van der Waals surface area contributed by atoms with Crippen LogP contribution >= 0.6 is 22.6 Å². The number of hydrogen-bond donors (Lipinski definition) is 0. The number of halogens is 2. The van der Waals surface area contributed by atoms with Gasteiger partial charge in [-0.1, -0.05) is 0 Å². The van der Waals surface area contributed by atoms with Gasteiger partial charge in [-0.25, -0.2) is 4.98 Å². The first-order chi connectivity index (χ1) is 4.61. The molecule has 0 aliphatic heterocycles. The summed E-state index contributed by atoms with van der Waals surface area (Å²) in [5, 5.41) is 0. The molecule has 1 rings (SSSR count). The van der Waals surface area contributed by atoms with E-state index in [0.29, 0.717) is 0 Å². The Labute approximate surface area is 72.8 Å². The number of rotatable bonds is 0. The summed E-state index contributed by atoms with van der Waals surface area (Å²) in [6.07, 6.45) is 0. The average molecular weight is 251 g/mol. The first-order valence-electron chi connectivity index (χ1n) is 2.90. The molecular formula is C7H7FIN. The Kier molecular flexibility index (Phi) is 2.23. The maximum absolute atomic E-state index is 12.5. The first kappa shape index (κ1) is 7.91. The number of hydrogen-bond acceptors (Lipinski definition) is 1. The Morgan fingerprint density at radius 1 is 1.50 bits per heavy atom. The molecule has 0 saturated heterocycles. The van der Waals surface area contributed by atoms with Gasteiger partial charge in [0.2, 0.25) is 5.95 Å². The molecule has 0 saturated carbocycles. The second kappa shape index (κ2) is 2.82. The monoisotopic (exact) mass is 251 g/mol. The zero-order valence-corrected chi connectivity index (χ0v) is 7.94. The van der Waals surface area contributed by atoms with Crippen LogP contribution in [0.15, 0.2) is 6.07 Å². The Hall–Kier alpha value is -0.190. The highest BCUT2D eigenvalue weighted by Crippen LogP contribution is 2.13. The zero-order valence-electron chi connectivity index (χ0n) is 5.78. The minimum atomic E-state index is -0.396. The van der Waals surface area contributed by atoms with E-state index >= 15 is 0 Å². The Morgan fingerprint density at radius 2 is 2.10 bits per heavy atom. The van der Waals surface area contributed by atoms with Crippen molar-refractivity contribution in [2.24, 2.45) is 0 Å². The van der Waals surface area contributed by atoms with Gasteiger partial charge in [0, 0.05) is 15.3 Å². The third-order valence-electron chi connectivity index (χ3n) is 1.42. The minimum absolute atomic E-state index is 0.396. The molecule has 10 heavy (non-hydrogen) atoms. The third-order valence-corrected chi connectivity index (χ3v) is 2.54. The van der Waals surface area contributed by atoms with Crippen LogP contribution in [0.4, 0.5) is 4.39 Å². The lowest BCUT2D eigenvalue weighted by atomic mass is 10.2. The lowest BCUT2D eigenvalue weighted by molar-refractivity contribution is 0.577. The number of aromatic nitrogens is 1. The molecule has 0 aliphatic rings. The highest BCUT2D eigenvalue weighted by molar-refractivity contribution is 14.1. The second-order valence-corrected chi connectivity index (χ2v) is 3.30. The molecule has 3 heteroatoms. The van der Waals surface area contributed by atoms with E-state index in [0.717, 1.165) is 14.8 Å². The maximum Gasteiger partial charge on any atom is 0.214 e. The van der Waals surface area contributed by atoms with Crippen molar-refractivity contribution in [1.29, 1.82) is 0 Å². The van der Waals surface area contributed by atoms with Gasteiger partial charge in [0.15, 0.2) is 0 Å². The third kappa shape index (κ3) is 1.45. The predicted molar refractivity (Wildman–Crippen MR) is 46.4 cm³/mol. The van der Waals surface area contributed by atoms with Crippen LogP contribution in [0.3, 0.4) is 0 Å². The van der Waals surface area contributed by atoms with E-state index in [1.54, 1.807) is 6.92 Å². The molecule has 0 spiro atoms. The molecule has 1 heterocycles. The quantitative estimate of drug-likeness (QED) is 0.509. The van der Waals surface area contributed by atoms with Crippen molar-refractivity contribution in [2.45, 2.75) is 13.8 Å². The predicted octanol–water partition coefficient (Wildman–Crippen LogP) is 2.44. The fraction of sp³-hybridized carbons (Fsp3) is 0.286. The van der Waals surface area contributed by atoms with Gasteiger partial charge < -0.3 is 0 Å². The SMILES string of the molecule is Cc1nc(F)cc(I)c1C. The fourth-order valence-corrected chi connectivity index (χ4v) is 1.31. The molecule has 0 fully saturated rings. The number of nitrogens with zero attached hydrogens (tertiary/aromatic N) is 1. The van der Waals surface area contributed by atoms with E-state index in [2.05, 4.69) is 27.6 Å². The van der Waals surface area contributed by atoms with Crippen molar-refractivity contribution >= 4 is 22.6 Å². The largest absolute Gasteiger partial charge is 0.225 e. The molecule has 0 aromatic carbocycles. The van der Waals surface area contributed by atoms with Gasteiger partial charge in [-0.2, -0.15) is 4.39 Å². The smallest absolute Gasteiger partial charge is 0.214 e. The summed E-state index contributed by atoms with van der Waals surface area (Å²) in [5.74, 6) is -0.396. The van der Waals surface area contributed by atoms with Crippen LogP contribution in [0.5, 0.6) is 0 Å². The van der Waals surface area contributed by atoms with Crippen LogP contribution in [-0.4, -0.2) is 4.98 Å². The Morgan fingerprint density at radius 3 is 2.60 bits per heavy atom. The van der Waals surface area contributed by atoms with Crippen LogP contribution in [0, 0.1) is 23.4 Å². The summed E-state index contributed by atoms with van der Waals surface area (Å²) >= 11 is 2.10. The number of aryl methyl sites for hydroxylation is 1. The topological polar surface area (TPSA) is 12.9 Å². The summed E-state index contributed by atoms with van der Waals surface area (Å²) in [6.45, 7) is 3.74.